The van der Waals surface area contributed by atoms with E-state index >= 15 is 0 Å². The smallest absolute Gasteiger partial charge is 0.275 e. The summed E-state index contributed by atoms with van der Waals surface area (Å²) in [5.41, 5.74) is 6.58. The minimum absolute atomic E-state index is 0.00321. The van der Waals surface area contributed by atoms with Crippen LogP contribution in [-0.4, -0.2) is 72.5 Å². The predicted molar refractivity (Wildman–Crippen MR) is 138 cm³/mol. The van der Waals surface area contributed by atoms with Crippen molar-refractivity contribution >= 4 is 39.9 Å². The molecule has 2 saturated heterocycles. The topological polar surface area (TPSA) is 109 Å². The molecule has 4 atom stereocenters. The van der Waals surface area contributed by atoms with Gasteiger partial charge in [-0.2, -0.15) is 0 Å². The summed E-state index contributed by atoms with van der Waals surface area (Å²) in [6.45, 7) is 2.05. The zero-order valence-electron chi connectivity index (χ0n) is 20.7. The monoisotopic (exact) mass is 530 g/mol. The van der Waals surface area contributed by atoms with E-state index in [-0.39, 0.29) is 34.9 Å². The van der Waals surface area contributed by atoms with Crippen LogP contribution in [0.4, 0.5) is 15.9 Å². The van der Waals surface area contributed by atoms with Gasteiger partial charge in [0.2, 0.25) is 0 Å². The van der Waals surface area contributed by atoms with Crippen LogP contribution in [0.1, 0.15) is 19.3 Å². The molecule has 2 aliphatic rings. The molecular weight excluding hydrogens is 501 g/mol. The first kappa shape index (κ1) is 25.4. The number of carbonyl (C=O) groups is 1. The SMILES string of the molecule is COc1cc2ncnc(Nc3cccc(Cl)c3F)c2cc1O[C@H]1C[C@H](C(N)=O)[N+](C)(C[C@H]2CCCO2)C1. The van der Waals surface area contributed by atoms with Crippen LogP contribution >= 0.6 is 11.6 Å². The van der Waals surface area contributed by atoms with Crippen LogP contribution in [0.5, 0.6) is 11.5 Å². The van der Waals surface area contributed by atoms with Gasteiger partial charge >= 0.3 is 0 Å². The van der Waals surface area contributed by atoms with Crippen LogP contribution in [0, 0.1) is 5.82 Å². The van der Waals surface area contributed by atoms with Crippen LogP contribution in [0.3, 0.4) is 0 Å². The lowest BCUT2D eigenvalue weighted by Gasteiger charge is -2.36. The second-order valence-corrected chi connectivity index (χ2v) is 10.2. The number of nitrogens with two attached hydrogens (primary N) is 1. The van der Waals surface area contributed by atoms with Gasteiger partial charge in [-0.3, -0.25) is 4.79 Å². The average molecular weight is 531 g/mol. The number of hydrogen-bond donors (Lipinski definition) is 2. The average Bonchev–Trinajstić information content (AvgIpc) is 3.49. The van der Waals surface area contributed by atoms with Crippen molar-refractivity contribution in [3.63, 3.8) is 0 Å². The van der Waals surface area contributed by atoms with Crippen molar-refractivity contribution in [1.82, 2.24) is 9.97 Å². The molecule has 9 nitrogen and oxygen atoms in total. The number of amides is 1. The number of halogens is 2. The van der Waals surface area contributed by atoms with Gasteiger partial charge in [0.05, 0.1) is 36.8 Å². The molecule has 196 valence electrons. The Bertz CT molecular complexity index is 1320. The largest absolute Gasteiger partial charge is 0.493 e. The molecule has 1 unspecified atom stereocenters. The normalized spacial score (nSPS) is 25.4. The van der Waals surface area contributed by atoms with Crippen molar-refractivity contribution < 1.29 is 27.9 Å². The Morgan fingerprint density at radius 2 is 2.16 bits per heavy atom. The molecule has 3 aromatic rings. The lowest BCUT2D eigenvalue weighted by molar-refractivity contribution is -0.916. The molecule has 0 spiro atoms. The van der Waals surface area contributed by atoms with E-state index in [2.05, 4.69) is 15.3 Å². The maximum absolute atomic E-state index is 14.5. The summed E-state index contributed by atoms with van der Waals surface area (Å²) in [6, 6.07) is 7.82. The number of primary amides is 1. The number of anilines is 2. The molecule has 0 bridgehead atoms. The second-order valence-electron chi connectivity index (χ2n) is 9.84. The van der Waals surface area contributed by atoms with Crippen molar-refractivity contribution in [2.24, 2.45) is 5.73 Å². The molecule has 3 heterocycles. The number of likely N-dealkylation sites (N-methyl/N-ethyl adjacent to an activating group) is 1. The number of methoxy groups -OCH3 is 1. The van der Waals surface area contributed by atoms with E-state index in [0.717, 1.165) is 19.4 Å². The number of carbonyl (C=O) groups excluding carboxylic acids is 1. The van der Waals surface area contributed by atoms with Gasteiger partial charge in [-0.15, -0.1) is 0 Å². The number of ether oxygens (including phenoxy) is 3. The van der Waals surface area contributed by atoms with Crippen LogP contribution in [0.2, 0.25) is 5.02 Å². The molecule has 2 aliphatic heterocycles. The van der Waals surface area contributed by atoms with E-state index < -0.39 is 5.82 Å². The van der Waals surface area contributed by atoms with Gasteiger partial charge in [0.15, 0.2) is 29.5 Å². The van der Waals surface area contributed by atoms with Gasteiger partial charge in [-0.05, 0) is 31.0 Å². The summed E-state index contributed by atoms with van der Waals surface area (Å²) in [5, 5.41) is 3.62. The summed E-state index contributed by atoms with van der Waals surface area (Å²) in [7, 11) is 3.59. The molecule has 2 aromatic carbocycles. The summed E-state index contributed by atoms with van der Waals surface area (Å²) in [5.74, 6) is 0.424. The third-order valence-corrected chi connectivity index (χ3v) is 7.54. The van der Waals surface area contributed by atoms with Gasteiger partial charge in [0.1, 0.15) is 31.3 Å². The highest BCUT2D eigenvalue weighted by Crippen LogP contribution is 2.38. The number of rotatable bonds is 8. The zero-order chi connectivity index (χ0) is 26.2. The number of benzene rings is 2. The third kappa shape index (κ3) is 5.14. The molecule has 2 fully saturated rings. The molecule has 1 aromatic heterocycles. The quantitative estimate of drug-likeness (QED) is 0.426. The minimum atomic E-state index is -0.576. The number of quaternary nitrogens is 1. The van der Waals surface area contributed by atoms with Crippen LogP contribution in [0.25, 0.3) is 10.9 Å². The van der Waals surface area contributed by atoms with E-state index in [1.165, 1.54) is 12.4 Å². The summed E-state index contributed by atoms with van der Waals surface area (Å²) in [4.78, 5) is 21.0. The highest BCUT2D eigenvalue weighted by Gasteiger charge is 2.49. The number of likely N-dealkylation sites (tertiary alicyclic amines) is 1. The maximum Gasteiger partial charge on any atom is 0.275 e. The van der Waals surface area contributed by atoms with Gasteiger partial charge in [-0.1, -0.05) is 17.7 Å². The fourth-order valence-corrected chi connectivity index (χ4v) is 5.63. The molecule has 0 aliphatic carbocycles. The molecule has 11 heteroatoms. The maximum atomic E-state index is 14.5. The van der Waals surface area contributed by atoms with E-state index in [4.69, 9.17) is 31.5 Å². The van der Waals surface area contributed by atoms with Crippen LogP contribution < -0.4 is 20.5 Å². The lowest BCUT2D eigenvalue weighted by atomic mass is 10.1. The highest BCUT2D eigenvalue weighted by molar-refractivity contribution is 6.31. The lowest BCUT2D eigenvalue weighted by Crippen LogP contribution is -2.57. The fourth-order valence-electron chi connectivity index (χ4n) is 5.46. The van der Waals surface area contributed by atoms with E-state index in [9.17, 15) is 9.18 Å². The number of fused-ring (bicyclic) bond motifs is 1. The Morgan fingerprint density at radius 3 is 2.89 bits per heavy atom. The molecule has 37 heavy (non-hydrogen) atoms. The summed E-state index contributed by atoms with van der Waals surface area (Å²) < 4.78 is 32.9. The number of nitrogens with zero attached hydrogens (tertiary/aromatic N) is 3. The van der Waals surface area contributed by atoms with Gasteiger partial charge in [-0.25, -0.2) is 14.4 Å². The molecule has 5 rings (SSSR count). The van der Waals surface area contributed by atoms with E-state index in [1.807, 2.05) is 7.05 Å². The first-order valence-electron chi connectivity index (χ1n) is 12.2. The first-order valence-corrected chi connectivity index (χ1v) is 12.6. The van der Waals surface area contributed by atoms with Crippen molar-refractivity contribution in [3.8, 4) is 11.5 Å². The van der Waals surface area contributed by atoms with Crippen molar-refractivity contribution in [1.29, 1.82) is 0 Å². The summed E-state index contributed by atoms with van der Waals surface area (Å²) in [6.07, 6.45) is 3.70. The Kier molecular flexibility index (Phi) is 7.06. The zero-order valence-corrected chi connectivity index (χ0v) is 21.5. The van der Waals surface area contributed by atoms with Crippen molar-refractivity contribution in [3.05, 3.63) is 47.5 Å². The molecular formula is C26H30ClFN5O4+. The standard InChI is InChI=1S/C26H29ClFN5O4/c1-33(12-15-5-4-8-36-15)13-16(9-21(33)25(29)34)37-23-10-17-20(11-22(23)35-2)30-14-31-26(17)32-19-7-3-6-18(27)24(19)28/h3,6-7,10-11,14-16,21H,4-5,8-9,12-13H2,1-2H3,(H2-,29,30,31,32,34)/p+1/t15-,16+,21-,33?/m1/s1. The van der Waals surface area contributed by atoms with Gasteiger partial charge < -0.3 is 29.7 Å². The van der Waals surface area contributed by atoms with Crippen molar-refractivity contribution in [2.75, 3.05) is 39.2 Å². The number of nitrogens with one attached hydrogen (secondary N) is 1. The summed E-state index contributed by atoms with van der Waals surface area (Å²) >= 11 is 5.94. The number of hydrogen-bond acceptors (Lipinski definition) is 7. The van der Waals surface area contributed by atoms with Crippen LogP contribution in [0.15, 0.2) is 36.7 Å². The first-order chi connectivity index (χ1) is 17.8. The number of aromatic nitrogens is 2. The van der Waals surface area contributed by atoms with Gasteiger partial charge in [0, 0.05) is 18.1 Å². The Hall–Kier alpha value is -3.21. The van der Waals surface area contributed by atoms with E-state index in [0.29, 0.717) is 52.2 Å². The molecule has 3 N–H and O–H groups in total. The van der Waals surface area contributed by atoms with Crippen LogP contribution in [-0.2, 0) is 9.53 Å². The van der Waals surface area contributed by atoms with Gasteiger partial charge in [0.25, 0.3) is 5.91 Å². The molecule has 0 saturated carbocycles. The third-order valence-electron chi connectivity index (χ3n) is 7.25. The predicted octanol–water partition coefficient (Wildman–Crippen LogP) is 3.81. The van der Waals surface area contributed by atoms with Crippen molar-refractivity contribution in [2.45, 2.75) is 37.5 Å². The van der Waals surface area contributed by atoms with E-state index in [1.54, 1.807) is 31.4 Å². The molecule has 1 amide bonds. The molecule has 0 radical (unpaired) electrons. The minimum Gasteiger partial charge on any atom is -0.493 e. The Morgan fingerprint density at radius 1 is 1.32 bits per heavy atom. The Balaban J connectivity index is 1.44. The highest BCUT2D eigenvalue weighted by atomic mass is 35.5. The Labute approximate surface area is 219 Å². The fraction of sp³-hybridized carbons (Fsp3) is 0.423. The second kappa shape index (κ2) is 10.3.